The van der Waals surface area contributed by atoms with E-state index in [-0.39, 0.29) is 12.0 Å². The molecule has 2 atom stereocenters. The van der Waals surface area contributed by atoms with Crippen LogP contribution in [-0.2, 0) is 0 Å². The van der Waals surface area contributed by atoms with Crippen LogP contribution < -0.4 is 5.73 Å². The first-order valence-corrected chi connectivity index (χ1v) is 6.56. The zero-order chi connectivity index (χ0) is 12.8. The number of nitrogens with two attached hydrogens (primary N) is 1. The Morgan fingerprint density at radius 3 is 2.53 bits per heavy atom. The van der Waals surface area contributed by atoms with Gasteiger partial charge in [-0.1, -0.05) is 37.6 Å². The molecule has 0 radical (unpaired) electrons. The Morgan fingerprint density at radius 1 is 1.29 bits per heavy atom. The molecule has 0 aromatic heterocycles. The molecule has 0 spiro atoms. The fourth-order valence-electron chi connectivity index (χ4n) is 1.96. The molecule has 3 N–H and O–H groups in total. The summed E-state index contributed by atoms with van der Waals surface area (Å²) in [7, 11) is 0. The summed E-state index contributed by atoms with van der Waals surface area (Å²) in [6.45, 7) is 4.76. The van der Waals surface area contributed by atoms with Crippen LogP contribution in [-0.4, -0.2) is 17.8 Å². The fourth-order valence-corrected chi connectivity index (χ4v) is 2.16. The molecule has 0 saturated carbocycles. The van der Waals surface area contributed by atoms with Crippen LogP contribution in [0.15, 0.2) is 24.3 Å². The van der Waals surface area contributed by atoms with Crippen LogP contribution in [0.4, 0.5) is 0 Å². The van der Waals surface area contributed by atoms with Crippen LogP contribution in [0.5, 0.6) is 0 Å². The fraction of sp³-hybridized carbons (Fsp3) is 0.571. The molecule has 0 saturated heterocycles. The predicted molar refractivity (Wildman–Crippen MR) is 73.3 cm³/mol. The first-order valence-electron chi connectivity index (χ1n) is 6.18. The molecule has 1 aromatic carbocycles. The van der Waals surface area contributed by atoms with Gasteiger partial charge < -0.3 is 10.8 Å². The van der Waals surface area contributed by atoms with Crippen molar-refractivity contribution in [1.29, 1.82) is 0 Å². The molecule has 0 aliphatic rings. The minimum atomic E-state index is -0.388. The molecule has 2 unspecified atom stereocenters. The Bertz CT molecular complexity index is 341. The second kappa shape index (κ2) is 7.00. The van der Waals surface area contributed by atoms with Crippen molar-refractivity contribution in [1.82, 2.24) is 0 Å². The number of rotatable bonds is 6. The lowest BCUT2D eigenvalue weighted by atomic mass is 9.89. The molecule has 17 heavy (non-hydrogen) atoms. The van der Waals surface area contributed by atoms with E-state index in [4.69, 9.17) is 17.3 Å². The molecule has 0 aliphatic heterocycles. The first-order chi connectivity index (χ1) is 8.04. The smallest absolute Gasteiger partial charge is 0.0621 e. The van der Waals surface area contributed by atoms with Crippen molar-refractivity contribution in [3.05, 3.63) is 34.9 Å². The predicted octanol–water partition coefficient (Wildman–Crippen LogP) is 3.18. The molecule has 0 fully saturated rings. The van der Waals surface area contributed by atoms with Crippen molar-refractivity contribution in [3.8, 4) is 0 Å². The average Bonchev–Trinajstić information content (AvgIpc) is 2.27. The second-order valence-corrected chi connectivity index (χ2v) is 5.37. The van der Waals surface area contributed by atoms with E-state index in [1.807, 2.05) is 24.3 Å². The molecule has 2 nitrogen and oxygen atoms in total. The van der Waals surface area contributed by atoms with Crippen LogP contribution >= 0.6 is 11.6 Å². The Hall–Kier alpha value is -0.570. The third-order valence-corrected chi connectivity index (χ3v) is 3.27. The minimum absolute atomic E-state index is 0.0209. The summed E-state index contributed by atoms with van der Waals surface area (Å²) >= 11 is 5.96. The van der Waals surface area contributed by atoms with Crippen molar-refractivity contribution in [2.45, 2.75) is 38.7 Å². The summed E-state index contributed by atoms with van der Waals surface area (Å²) in [5, 5.41) is 10.9. The van der Waals surface area contributed by atoms with Gasteiger partial charge in [0.2, 0.25) is 0 Å². The van der Waals surface area contributed by atoms with Crippen LogP contribution in [0.25, 0.3) is 0 Å². The van der Waals surface area contributed by atoms with E-state index in [0.29, 0.717) is 17.5 Å². The zero-order valence-electron chi connectivity index (χ0n) is 10.6. The highest BCUT2D eigenvalue weighted by Gasteiger charge is 2.19. The molecular weight excluding hydrogens is 234 g/mol. The highest BCUT2D eigenvalue weighted by Crippen LogP contribution is 2.25. The van der Waals surface area contributed by atoms with E-state index in [1.54, 1.807) is 0 Å². The van der Waals surface area contributed by atoms with Gasteiger partial charge in [-0.15, -0.1) is 0 Å². The summed E-state index contributed by atoms with van der Waals surface area (Å²) in [4.78, 5) is 0. The molecule has 1 aromatic rings. The maximum Gasteiger partial charge on any atom is 0.0621 e. The lowest BCUT2D eigenvalue weighted by Gasteiger charge is -2.22. The Morgan fingerprint density at radius 2 is 2.00 bits per heavy atom. The molecule has 0 bridgehead atoms. The molecule has 0 aliphatic carbocycles. The number of aliphatic hydroxyl groups is 1. The number of halogens is 1. The molecule has 96 valence electrons. The van der Waals surface area contributed by atoms with Crippen molar-refractivity contribution < 1.29 is 5.11 Å². The van der Waals surface area contributed by atoms with Gasteiger partial charge in [0.1, 0.15) is 0 Å². The van der Waals surface area contributed by atoms with Crippen molar-refractivity contribution >= 4 is 11.6 Å². The van der Waals surface area contributed by atoms with Crippen molar-refractivity contribution in [3.63, 3.8) is 0 Å². The standard InChI is InChI=1S/C14H22ClNO/c1-10(2)6-7-14(17)13(9-16)11-4-3-5-12(15)8-11/h3-5,8,10,13-14,17H,6-7,9,16H2,1-2H3. The zero-order valence-corrected chi connectivity index (χ0v) is 11.3. The van der Waals surface area contributed by atoms with Crippen LogP contribution in [0.1, 0.15) is 38.2 Å². The Labute approximate surface area is 109 Å². The molecule has 1 rings (SSSR count). The van der Waals surface area contributed by atoms with Gasteiger partial charge in [-0.2, -0.15) is 0 Å². The van der Waals surface area contributed by atoms with Crippen LogP contribution in [0.3, 0.4) is 0 Å². The highest BCUT2D eigenvalue weighted by atomic mass is 35.5. The maximum atomic E-state index is 10.2. The number of hydrogen-bond acceptors (Lipinski definition) is 2. The van der Waals surface area contributed by atoms with Gasteiger partial charge in [0.05, 0.1) is 6.10 Å². The largest absolute Gasteiger partial charge is 0.392 e. The highest BCUT2D eigenvalue weighted by molar-refractivity contribution is 6.30. The molecule has 3 heteroatoms. The normalized spacial score (nSPS) is 14.9. The third kappa shape index (κ3) is 4.66. The van der Waals surface area contributed by atoms with Crippen molar-refractivity contribution in [2.24, 2.45) is 11.7 Å². The van der Waals surface area contributed by atoms with E-state index in [2.05, 4.69) is 13.8 Å². The summed E-state index contributed by atoms with van der Waals surface area (Å²) in [5.41, 5.74) is 6.78. The lowest BCUT2D eigenvalue weighted by molar-refractivity contribution is 0.129. The van der Waals surface area contributed by atoms with Crippen molar-refractivity contribution in [2.75, 3.05) is 6.54 Å². The van der Waals surface area contributed by atoms with E-state index >= 15 is 0 Å². The van der Waals surface area contributed by atoms with Gasteiger partial charge >= 0.3 is 0 Å². The topological polar surface area (TPSA) is 46.2 Å². The van der Waals surface area contributed by atoms with Gasteiger partial charge in [0.15, 0.2) is 0 Å². The van der Waals surface area contributed by atoms with Gasteiger partial charge in [-0.05, 0) is 36.5 Å². The summed E-state index contributed by atoms with van der Waals surface area (Å²) in [5.74, 6) is 0.579. The van der Waals surface area contributed by atoms with Crippen LogP contribution in [0.2, 0.25) is 5.02 Å². The maximum absolute atomic E-state index is 10.2. The summed E-state index contributed by atoms with van der Waals surface area (Å²) in [6, 6.07) is 7.59. The van der Waals surface area contributed by atoms with Gasteiger partial charge in [0.25, 0.3) is 0 Å². The number of aliphatic hydroxyl groups excluding tert-OH is 1. The lowest BCUT2D eigenvalue weighted by Crippen LogP contribution is -2.26. The number of benzene rings is 1. The van der Waals surface area contributed by atoms with Crippen LogP contribution in [0, 0.1) is 5.92 Å². The quantitative estimate of drug-likeness (QED) is 0.820. The molecule has 0 heterocycles. The monoisotopic (exact) mass is 255 g/mol. The van der Waals surface area contributed by atoms with E-state index in [9.17, 15) is 5.11 Å². The summed E-state index contributed by atoms with van der Waals surface area (Å²) < 4.78 is 0. The van der Waals surface area contributed by atoms with Gasteiger partial charge in [-0.25, -0.2) is 0 Å². The number of hydrogen-bond donors (Lipinski definition) is 2. The van der Waals surface area contributed by atoms with E-state index < -0.39 is 0 Å². The van der Waals surface area contributed by atoms with E-state index in [0.717, 1.165) is 18.4 Å². The third-order valence-electron chi connectivity index (χ3n) is 3.04. The Balaban J connectivity index is 2.70. The SMILES string of the molecule is CC(C)CCC(O)C(CN)c1cccc(Cl)c1. The first kappa shape index (κ1) is 14.5. The summed E-state index contributed by atoms with van der Waals surface area (Å²) in [6.07, 6.45) is 1.41. The van der Waals surface area contributed by atoms with Gasteiger partial charge in [-0.3, -0.25) is 0 Å². The Kier molecular flexibility index (Phi) is 5.96. The molecule has 0 amide bonds. The average molecular weight is 256 g/mol. The second-order valence-electron chi connectivity index (χ2n) is 4.94. The minimum Gasteiger partial charge on any atom is -0.392 e. The van der Waals surface area contributed by atoms with Gasteiger partial charge in [0, 0.05) is 17.5 Å². The van der Waals surface area contributed by atoms with E-state index in [1.165, 1.54) is 0 Å². The molecular formula is C14H22ClNO.